The van der Waals surface area contributed by atoms with Crippen molar-refractivity contribution in [2.75, 3.05) is 36.1 Å². The molecule has 2 aromatic carbocycles. The summed E-state index contributed by atoms with van der Waals surface area (Å²) >= 11 is 0. The first-order valence-corrected chi connectivity index (χ1v) is 10.3. The molecule has 0 aliphatic carbocycles. The summed E-state index contributed by atoms with van der Waals surface area (Å²) < 4.78 is 35.8. The first kappa shape index (κ1) is 20.7. The fraction of sp³-hybridized carbons (Fsp3) is 0.316. The number of hydrogen-bond acceptors (Lipinski definition) is 5. The van der Waals surface area contributed by atoms with Gasteiger partial charge in [0.15, 0.2) is 0 Å². The number of carbonyl (C=O) groups excluding carboxylic acids is 1. The average Bonchev–Trinajstić information content (AvgIpc) is 2.60. The van der Waals surface area contributed by atoms with E-state index in [0.29, 0.717) is 30.3 Å². The molecule has 2 rings (SSSR count). The number of amides is 1. The van der Waals surface area contributed by atoms with Crippen molar-refractivity contribution in [2.24, 2.45) is 0 Å². The molecule has 1 N–H and O–H groups in total. The Morgan fingerprint density at radius 2 is 1.85 bits per heavy atom. The molecular weight excluding hydrogens is 368 g/mol. The Kier molecular flexibility index (Phi) is 7.20. The van der Waals surface area contributed by atoms with Gasteiger partial charge in [-0.2, -0.15) is 0 Å². The van der Waals surface area contributed by atoms with E-state index in [4.69, 9.17) is 9.47 Å². The van der Waals surface area contributed by atoms with Crippen molar-refractivity contribution in [1.82, 2.24) is 0 Å². The zero-order chi connectivity index (χ0) is 19.9. The normalized spacial score (nSPS) is 11.1. The van der Waals surface area contributed by atoms with Crippen LogP contribution in [-0.2, 0) is 26.2 Å². The van der Waals surface area contributed by atoms with Crippen LogP contribution in [-0.4, -0.2) is 40.8 Å². The van der Waals surface area contributed by atoms with Crippen LogP contribution in [0.15, 0.2) is 48.5 Å². The Balaban J connectivity index is 2.14. The molecule has 0 atom stereocenters. The highest BCUT2D eigenvalue weighted by atomic mass is 32.2. The molecule has 1 amide bonds. The number of methoxy groups -OCH3 is 1. The van der Waals surface area contributed by atoms with Crippen LogP contribution in [0.1, 0.15) is 12.5 Å². The number of nitrogens with one attached hydrogen (secondary N) is 1. The third kappa shape index (κ3) is 6.26. The molecule has 0 aliphatic rings. The second-order valence-electron chi connectivity index (χ2n) is 5.88. The first-order chi connectivity index (χ1) is 12.8. The number of hydrogen-bond donors (Lipinski definition) is 1. The molecule has 7 nitrogen and oxygen atoms in total. The molecule has 0 saturated heterocycles. The lowest BCUT2D eigenvalue weighted by atomic mass is 10.2. The number of nitrogens with zero attached hydrogens (tertiary/aromatic N) is 1. The standard InChI is InChI=1S/C19H24N2O5S/c1-4-26-18-10-8-17(9-11-18)21(27(3,23)24)13-19(22)20-16-7-5-6-15(12-16)14-25-2/h5-12H,4,13-14H2,1-3H3,(H,20,22). The van der Waals surface area contributed by atoms with E-state index in [-0.39, 0.29) is 6.54 Å². The molecule has 0 spiro atoms. The maximum absolute atomic E-state index is 12.4. The summed E-state index contributed by atoms with van der Waals surface area (Å²) in [5.41, 5.74) is 1.88. The Morgan fingerprint density at radius 1 is 1.15 bits per heavy atom. The van der Waals surface area contributed by atoms with Gasteiger partial charge in [-0.05, 0) is 48.9 Å². The van der Waals surface area contributed by atoms with Gasteiger partial charge in [-0.1, -0.05) is 12.1 Å². The maximum atomic E-state index is 12.4. The van der Waals surface area contributed by atoms with Gasteiger partial charge < -0.3 is 14.8 Å². The molecule has 0 unspecified atom stereocenters. The van der Waals surface area contributed by atoms with Crippen LogP contribution in [0.4, 0.5) is 11.4 Å². The topological polar surface area (TPSA) is 84.9 Å². The van der Waals surface area contributed by atoms with E-state index in [1.54, 1.807) is 49.6 Å². The van der Waals surface area contributed by atoms with Crippen molar-refractivity contribution >= 4 is 27.3 Å². The van der Waals surface area contributed by atoms with Crippen molar-refractivity contribution in [2.45, 2.75) is 13.5 Å². The fourth-order valence-corrected chi connectivity index (χ4v) is 3.37. The van der Waals surface area contributed by atoms with E-state index in [1.807, 2.05) is 13.0 Å². The van der Waals surface area contributed by atoms with Gasteiger partial charge in [-0.15, -0.1) is 0 Å². The monoisotopic (exact) mass is 392 g/mol. The largest absolute Gasteiger partial charge is 0.494 e. The third-order valence-corrected chi connectivity index (χ3v) is 4.79. The predicted octanol–water partition coefficient (Wildman–Crippen LogP) is 2.64. The average molecular weight is 392 g/mol. The van der Waals surface area contributed by atoms with Gasteiger partial charge in [0, 0.05) is 12.8 Å². The molecule has 0 radical (unpaired) electrons. The van der Waals surface area contributed by atoms with Crippen LogP contribution in [0, 0.1) is 0 Å². The molecule has 0 aromatic heterocycles. The lowest BCUT2D eigenvalue weighted by molar-refractivity contribution is -0.114. The molecule has 8 heteroatoms. The lowest BCUT2D eigenvalue weighted by Gasteiger charge is -2.22. The summed E-state index contributed by atoms with van der Waals surface area (Å²) in [6.45, 7) is 2.47. The summed E-state index contributed by atoms with van der Waals surface area (Å²) in [6, 6.07) is 13.7. The second kappa shape index (κ2) is 9.38. The zero-order valence-electron chi connectivity index (χ0n) is 15.6. The highest BCUT2D eigenvalue weighted by Crippen LogP contribution is 2.22. The van der Waals surface area contributed by atoms with Gasteiger partial charge >= 0.3 is 0 Å². The lowest BCUT2D eigenvalue weighted by Crippen LogP contribution is -2.37. The van der Waals surface area contributed by atoms with Gasteiger partial charge in [0.1, 0.15) is 12.3 Å². The van der Waals surface area contributed by atoms with Gasteiger partial charge in [0.25, 0.3) is 0 Å². The van der Waals surface area contributed by atoms with Crippen LogP contribution in [0.5, 0.6) is 5.75 Å². The molecule has 0 bridgehead atoms. The van der Waals surface area contributed by atoms with Gasteiger partial charge in [-0.25, -0.2) is 8.42 Å². The molecule has 0 heterocycles. The summed E-state index contributed by atoms with van der Waals surface area (Å²) in [6.07, 6.45) is 1.07. The van der Waals surface area contributed by atoms with E-state index in [9.17, 15) is 13.2 Å². The Morgan fingerprint density at radius 3 is 2.44 bits per heavy atom. The fourth-order valence-electron chi connectivity index (χ4n) is 2.51. The number of benzene rings is 2. The second-order valence-corrected chi connectivity index (χ2v) is 7.78. The molecule has 2 aromatic rings. The van der Waals surface area contributed by atoms with Crippen molar-refractivity contribution < 1.29 is 22.7 Å². The highest BCUT2D eigenvalue weighted by Gasteiger charge is 2.21. The maximum Gasteiger partial charge on any atom is 0.245 e. The third-order valence-electron chi connectivity index (χ3n) is 3.64. The van der Waals surface area contributed by atoms with Crippen molar-refractivity contribution in [3.05, 3.63) is 54.1 Å². The Hall–Kier alpha value is -2.58. The van der Waals surface area contributed by atoms with E-state index in [0.717, 1.165) is 16.1 Å². The SMILES string of the molecule is CCOc1ccc(N(CC(=O)Nc2cccc(COC)c2)S(C)(=O)=O)cc1. The number of rotatable bonds is 9. The number of ether oxygens (including phenoxy) is 2. The van der Waals surface area contributed by atoms with E-state index in [2.05, 4.69) is 5.32 Å². The van der Waals surface area contributed by atoms with Gasteiger partial charge in [-0.3, -0.25) is 9.10 Å². The summed E-state index contributed by atoms with van der Waals surface area (Å²) in [5.74, 6) is 0.193. The van der Waals surface area contributed by atoms with Crippen LogP contribution < -0.4 is 14.4 Å². The smallest absolute Gasteiger partial charge is 0.245 e. The van der Waals surface area contributed by atoms with Crippen molar-refractivity contribution in [1.29, 1.82) is 0 Å². The van der Waals surface area contributed by atoms with E-state index in [1.165, 1.54) is 0 Å². The quantitative estimate of drug-likeness (QED) is 0.709. The van der Waals surface area contributed by atoms with Crippen LogP contribution in [0.25, 0.3) is 0 Å². The highest BCUT2D eigenvalue weighted by molar-refractivity contribution is 7.92. The molecule has 146 valence electrons. The predicted molar refractivity (Wildman–Crippen MR) is 106 cm³/mol. The van der Waals surface area contributed by atoms with Crippen LogP contribution >= 0.6 is 0 Å². The minimum Gasteiger partial charge on any atom is -0.494 e. The van der Waals surface area contributed by atoms with Crippen LogP contribution in [0.3, 0.4) is 0 Å². The molecular formula is C19H24N2O5S. The van der Waals surface area contributed by atoms with Gasteiger partial charge in [0.05, 0.1) is 25.2 Å². The number of sulfonamides is 1. The van der Waals surface area contributed by atoms with Gasteiger partial charge in [0.2, 0.25) is 15.9 Å². The minimum atomic E-state index is -3.64. The number of carbonyl (C=O) groups is 1. The molecule has 27 heavy (non-hydrogen) atoms. The molecule has 0 fully saturated rings. The summed E-state index contributed by atoms with van der Waals surface area (Å²) in [7, 11) is -2.05. The van der Waals surface area contributed by atoms with Crippen molar-refractivity contribution in [3.63, 3.8) is 0 Å². The van der Waals surface area contributed by atoms with Crippen LogP contribution in [0.2, 0.25) is 0 Å². The number of anilines is 2. The minimum absolute atomic E-state index is 0.332. The Bertz CT molecular complexity index is 866. The molecule has 0 saturated carbocycles. The summed E-state index contributed by atoms with van der Waals surface area (Å²) in [4.78, 5) is 12.4. The van der Waals surface area contributed by atoms with Crippen molar-refractivity contribution in [3.8, 4) is 5.75 Å². The Labute approximate surface area is 160 Å². The molecule has 0 aliphatic heterocycles. The van der Waals surface area contributed by atoms with E-state index < -0.39 is 15.9 Å². The summed E-state index contributed by atoms with van der Waals surface area (Å²) in [5, 5.41) is 2.72. The zero-order valence-corrected chi connectivity index (χ0v) is 16.5. The van der Waals surface area contributed by atoms with E-state index >= 15 is 0 Å². The first-order valence-electron chi connectivity index (χ1n) is 8.41.